The highest BCUT2D eigenvalue weighted by Crippen LogP contribution is 2.41. The van der Waals surface area contributed by atoms with Gasteiger partial charge in [0, 0.05) is 5.41 Å². The molecule has 2 aromatic carbocycles. The number of rotatable bonds is 2. The molecule has 3 rings (SSSR count). The van der Waals surface area contributed by atoms with Gasteiger partial charge in [-0.25, -0.2) is 0 Å². The molecule has 1 aliphatic heterocycles. The van der Waals surface area contributed by atoms with E-state index in [9.17, 15) is 0 Å². The third-order valence-electron chi connectivity index (χ3n) is 4.60. The lowest BCUT2D eigenvalue weighted by Gasteiger charge is -2.36. The van der Waals surface area contributed by atoms with E-state index < -0.39 is 8.32 Å². The van der Waals surface area contributed by atoms with E-state index in [1.54, 1.807) is 0 Å². The smallest absolute Gasteiger partial charge is 0.290 e. The highest BCUT2D eigenvalue weighted by atomic mass is 28.4. The Morgan fingerprint density at radius 3 is 1.61 bits per heavy atom. The van der Waals surface area contributed by atoms with Gasteiger partial charge in [-0.3, -0.25) is 0 Å². The minimum atomic E-state index is -2.51. The standard InChI is InChI=1S/C20H26O2Si/c1-19(2,3)18-21-20(4,5)23(22-18,16-12-8-6-9-13-16)17-14-10-7-11-15-17/h6-15,18H,1-5H3. The first-order chi connectivity index (χ1) is 10.8. The summed E-state index contributed by atoms with van der Waals surface area (Å²) in [4.78, 5) is 0. The van der Waals surface area contributed by atoms with Gasteiger partial charge in [0.2, 0.25) is 0 Å². The molecule has 23 heavy (non-hydrogen) atoms. The molecule has 1 heterocycles. The van der Waals surface area contributed by atoms with Gasteiger partial charge in [-0.1, -0.05) is 81.4 Å². The van der Waals surface area contributed by atoms with E-state index >= 15 is 0 Å². The molecular weight excluding hydrogens is 300 g/mol. The van der Waals surface area contributed by atoms with E-state index in [1.165, 1.54) is 10.4 Å². The summed E-state index contributed by atoms with van der Waals surface area (Å²) in [6, 6.07) is 21.2. The average molecular weight is 327 g/mol. The molecular formula is C20H26O2Si. The van der Waals surface area contributed by atoms with Crippen molar-refractivity contribution in [2.45, 2.75) is 46.1 Å². The van der Waals surface area contributed by atoms with Crippen molar-refractivity contribution >= 4 is 18.7 Å². The molecule has 122 valence electrons. The minimum Gasteiger partial charge on any atom is -0.380 e. The molecule has 2 nitrogen and oxygen atoms in total. The van der Waals surface area contributed by atoms with Crippen LogP contribution in [0, 0.1) is 5.41 Å². The molecule has 0 aliphatic carbocycles. The molecule has 0 N–H and O–H groups in total. The van der Waals surface area contributed by atoms with Crippen molar-refractivity contribution in [2.24, 2.45) is 5.41 Å². The third kappa shape index (κ3) is 2.67. The van der Waals surface area contributed by atoms with Crippen molar-refractivity contribution < 1.29 is 9.16 Å². The van der Waals surface area contributed by atoms with Gasteiger partial charge >= 0.3 is 0 Å². The van der Waals surface area contributed by atoms with E-state index in [0.717, 1.165) is 0 Å². The van der Waals surface area contributed by atoms with Gasteiger partial charge in [0.05, 0.1) is 5.22 Å². The quantitative estimate of drug-likeness (QED) is 0.787. The normalized spacial score (nSPS) is 22.9. The fourth-order valence-corrected chi connectivity index (χ4v) is 7.97. The van der Waals surface area contributed by atoms with Crippen LogP contribution >= 0.6 is 0 Å². The predicted octanol–water partition coefficient (Wildman–Crippen LogP) is 3.48. The third-order valence-corrected chi connectivity index (χ3v) is 9.28. The van der Waals surface area contributed by atoms with Crippen molar-refractivity contribution in [2.75, 3.05) is 0 Å². The molecule has 1 fully saturated rings. The van der Waals surface area contributed by atoms with E-state index in [2.05, 4.69) is 95.3 Å². The van der Waals surface area contributed by atoms with Crippen molar-refractivity contribution in [3.8, 4) is 0 Å². The molecule has 1 unspecified atom stereocenters. The molecule has 0 bridgehead atoms. The maximum absolute atomic E-state index is 6.82. The highest BCUT2D eigenvalue weighted by molar-refractivity contribution is 6.99. The second-order valence-corrected chi connectivity index (χ2v) is 11.8. The minimum absolute atomic E-state index is 0.0599. The van der Waals surface area contributed by atoms with Crippen LogP contribution in [0.5, 0.6) is 0 Å². The van der Waals surface area contributed by atoms with Gasteiger partial charge < -0.3 is 9.16 Å². The number of ether oxygens (including phenoxy) is 1. The fourth-order valence-electron chi connectivity index (χ4n) is 3.37. The monoisotopic (exact) mass is 326 g/mol. The van der Waals surface area contributed by atoms with Crippen molar-refractivity contribution in [3.63, 3.8) is 0 Å². The van der Waals surface area contributed by atoms with Gasteiger partial charge in [-0.2, -0.15) is 0 Å². The van der Waals surface area contributed by atoms with Crippen LogP contribution in [0.25, 0.3) is 0 Å². The zero-order chi connectivity index (χ0) is 16.7. The van der Waals surface area contributed by atoms with Gasteiger partial charge in [-0.05, 0) is 24.2 Å². The molecule has 0 saturated carbocycles. The number of hydrogen-bond donors (Lipinski definition) is 0. The average Bonchev–Trinajstić information content (AvgIpc) is 2.81. The van der Waals surface area contributed by atoms with Crippen LogP contribution in [0.3, 0.4) is 0 Å². The maximum atomic E-state index is 6.82. The SMILES string of the molecule is CC(C)(C)C1OC(C)(C)[Si](c2ccccc2)(c2ccccc2)O1. The van der Waals surface area contributed by atoms with E-state index in [1.807, 2.05) is 0 Å². The lowest BCUT2D eigenvalue weighted by atomic mass is 9.96. The Morgan fingerprint density at radius 2 is 1.26 bits per heavy atom. The molecule has 0 spiro atoms. The van der Waals surface area contributed by atoms with E-state index in [4.69, 9.17) is 9.16 Å². The summed E-state index contributed by atoms with van der Waals surface area (Å²) < 4.78 is 13.3. The fraction of sp³-hybridized carbons (Fsp3) is 0.400. The zero-order valence-corrected chi connectivity index (χ0v) is 15.7. The first-order valence-electron chi connectivity index (χ1n) is 8.24. The summed E-state index contributed by atoms with van der Waals surface area (Å²) in [5.74, 6) is 0. The van der Waals surface area contributed by atoms with Gasteiger partial charge in [0.1, 0.15) is 0 Å². The molecule has 1 aliphatic rings. The first-order valence-corrected chi connectivity index (χ1v) is 10.1. The van der Waals surface area contributed by atoms with Crippen molar-refractivity contribution in [3.05, 3.63) is 60.7 Å². The molecule has 0 radical (unpaired) electrons. The molecule has 1 saturated heterocycles. The van der Waals surface area contributed by atoms with Gasteiger partial charge in [-0.15, -0.1) is 0 Å². The maximum Gasteiger partial charge on any atom is 0.290 e. The second-order valence-electron chi connectivity index (χ2n) is 7.86. The van der Waals surface area contributed by atoms with Crippen molar-refractivity contribution in [1.82, 2.24) is 0 Å². The highest BCUT2D eigenvalue weighted by Gasteiger charge is 2.62. The first kappa shape index (κ1) is 16.4. The van der Waals surface area contributed by atoms with Crippen molar-refractivity contribution in [1.29, 1.82) is 0 Å². The molecule has 1 atom stereocenters. The molecule has 3 heteroatoms. The number of hydrogen-bond acceptors (Lipinski definition) is 2. The van der Waals surface area contributed by atoms with Crippen LogP contribution in [0.2, 0.25) is 0 Å². The largest absolute Gasteiger partial charge is 0.380 e. The zero-order valence-electron chi connectivity index (χ0n) is 14.7. The van der Waals surface area contributed by atoms with Gasteiger partial charge in [0.25, 0.3) is 8.32 Å². The topological polar surface area (TPSA) is 18.5 Å². The van der Waals surface area contributed by atoms with Crippen LogP contribution in [0.1, 0.15) is 34.6 Å². The number of benzene rings is 2. The Labute approximate surface area is 140 Å². The Morgan fingerprint density at radius 1 is 0.826 bits per heavy atom. The molecule has 2 aromatic rings. The second kappa shape index (κ2) is 5.59. The summed E-state index contributed by atoms with van der Waals surface area (Å²) in [5.41, 5.74) is -0.0599. The predicted molar refractivity (Wildman–Crippen MR) is 97.4 cm³/mol. The van der Waals surface area contributed by atoms with Crippen LogP contribution < -0.4 is 10.4 Å². The summed E-state index contributed by atoms with van der Waals surface area (Å²) in [5, 5.41) is 2.19. The summed E-state index contributed by atoms with van der Waals surface area (Å²) in [6.45, 7) is 10.9. The Kier molecular flexibility index (Phi) is 3.99. The Hall–Kier alpha value is -1.42. The lowest BCUT2D eigenvalue weighted by molar-refractivity contribution is -0.134. The summed E-state index contributed by atoms with van der Waals surface area (Å²) in [7, 11) is -2.51. The van der Waals surface area contributed by atoms with Gasteiger partial charge in [0.15, 0.2) is 6.29 Å². The van der Waals surface area contributed by atoms with Crippen LogP contribution in [-0.4, -0.2) is 19.8 Å². The Balaban J connectivity index is 2.21. The van der Waals surface area contributed by atoms with Crippen LogP contribution in [-0.2, 0) is 9.16 Å². The van der Waals surface area contributed by atoms with Crippen LogP contribution in [0.15, 0.2) is 60.7 Å². The molecule has 0 amide bonds. The van der Waals surface area contributed by atoms with E-state index in [0.29, 0.717) is 0 Å². The van der Waals surface area contributed by atoms with E-state index in [-0.39, 0.29) is 16.9 Å². The lowest BCUT2D eigenvalue weighted by Crippen LogP contribution is -2.70. The molecule has 0 aromatic heterocycles. The summed E-state index contributed by atoms with van der Waals surface area (Å²) in [6.07, 6.45) is -0.204. The summed E-state index contributed by atoms with van der Waals surface area (Å²) >= 11 is 0. The van der Waals surface area contributed by atoms with Crippen LogP contribution in [0.4, 0.5) is 0 Å². The Bertz CT molecular complexity index is 620.